The zero-order valence-electron chi connectivity index (χ0n) is 16.0. The van der Waals surface area contributed by atoms with Gasteiger partial charge in [-0.05, 0) is 48.2 Å². The van der Waals surface area contributed by atoms with Crippen LogP contribution in [0.5, 0.6) is 11.5 Å². The number of ether oxygens (including phenoxy) is 2. The molecular weight excluding hydrogens is 340 g/mol. The second-order valence-electron chi connectivity index (χ2n) is 7.60. The summed E-state index contributed by atoms with van der Waals surface area (Å²) < 4.78 is 11.1. The Labute approximate surface area is 160 Å². The molecule has 2 aliphatic rings. The summed E-state index contributed by atoms with van der Waals surface area (Å²) >= 11 is 0. The molecule has 1 aromatic carbocycles. The van der Waals surface area contributed by atoms with E-state index in [-0.39, 0.29) is 11.3 Å². The van der Waals surface area contributed by atoms with Crippen molar-refractivity contribution < 1.29 is 14.3 Å². The molecule has 1 aliphatic carbocycles. The molecule has 0 bridgehead atoms. The predicted molar refractivity (Wildman–Crippen MR) is 103 cm³/mol. The lowest BCUT2D eigenvalue weighted by molar-refractivity contribution is 0.0634. The Morgan fingerprint density at radius 3 is 2.37 bits per heavy atom. The third-order valence-electron chi connectivity index (χ3n) is 6.06. The van der Waals surface area contributed by atoms with Crippen molar-refractivity contribution in [2.75, 3.05) is 20.8 Å². The summed E-state index contributed by atoms with van der Waals surface area (Å²) in [6, 6.07) is 7.78. The summed E-state index contributed by atoms with van der Waals surface area (Å²) in [6.45, 7) is 1.36. The number of hydrogen-bond donors (Lipinski definition) is 0. The van der Waals surface area contributed by atoms with E-state index in [0.717, 1.165) is 30.9 Å². The number of amides is 1. The number of aromatic nitrogens is 1. The van der Waals surface area contributed by atoms with Crippen molar-refractivity contribution in [3.8, 4) is 11.5 Å². The van der Waals surface area contributed by atoms with E-state index in [1.165, 1.54) is 30.4 Å². The van der Waals surface area contributed by atoms with Crippen LogP contribution in [0.15, 0.2) is 36.7 Å². The van der Waals surface area contributed by atoms with E-state index >= 15 is 0 Å². The minimum absolute atomic E-state index is 0.00801. The number of nitrogens with zero attached hydrogens (tertiary/aromatic N) is 2. The minimum Gasteiger partial charge on any atom is -0.493 e. The molecular formula is C22H26N2O3. The van der Waals surface area contributed by atoms with Crippen molar-refractivity contribution in [1.82, 2.24) is 9.88 Å². The molecule has 0 radical (unpaired) electrons. The number of pyridine rings is 1. The SMILES string of the molecule is COc1cc2c(cc1OC)C1(CCCCC1)CN(C(=O)c1ccncc1)C2. The standard InChI is InChI=1S/C22H26N2O3/c1-26-19-12-17-14-24(21(25)16-6-10-23-11-7-16)15-22(8-4-3-5-9-22)18(17)13-20(19)27-2/h6-7,10-13H,3-5,8-9,14-15H2,1-2H3. The zero-order chi connectivity index (χ0) is 18.9. The Balaban J connectivity index is 1.77. The van der Waals surface area contributed by atoms with Gasteiger partial charge in [-0.15, -0.1) is 0 Å². The van der Waals surface area contributed by atoms with Crippen molar-refractivity contribution in [3.63, 3.8) is 0 Å². The van der Waals surface area contributed by atoms with Crippen LogP contribution >= 0.6 is 0 Å². The summed E-state index contributed by atoms with van der Waals surface area (Å²) in [5, 5.41) is 0. The van der Waals surface area contributed by atoms with Crippen molar-refractivity contribution in [3.05, 3.63) is 53.3 Å². The minimum atomic E-state index is 0.00801. The fraction of sp³-hybridized carbons (Fsp3) is 0.455. The van der Waals surface area contributed by atoms with E-state index in [4.69, 9.17) is 9.47 Å². The Bertz CT molecular complexity index is 829. The van der Waals surface area contributed by atoms with E-state index < -0.39 is 0 Å². The lowest BCUT2D eigenvalue weighted by atomic mass is 9.66. The van der Waals surface area contributed by atoms with Crippen molar-refractivity contribution in [1.29, 1.82) is 0 Å². The van der Waals surface area contributed by atoms with Crippen molar-refractivity contribution >= 4 is 5.91 Å². The fourth-order valence-electron chi connectivity index (χ4n) is 4.73. The van der Waals surface area contributed by atoms with Gasteiger partial charge in [0.05, 0.1) is 14.2 Å². The normalized spacial score (nSPS) is 18.1. The number of fused-ring (bicyclic) bond motifs is 2. The average Bonchev–Trinajstić information content (AvgIpc) is 2.73. The Morgan fingerprint density at radius 2 is 1.70 bits per heavy atom. The third-order valence-corrected chi connectivity index (χ3v) is 6.06. The third kappa shape index (κ3) is 3.15. The maximum atomic E-state index is 13.2. The topological polar surface area (TPSA) is 51.7 Å². The highest BCUT2D eigenvalue weighted by molar-refractivity contribution is 5.94. The van der Waals surface area contributed by atoms with Crippen LogP contribution in [-0.2, 0) is 12.0 Å². The molecule has 0 atom stereocenters. The Kier molecular flexibility index (Phi) is 4.77. The number of carbonyl (C=O) groups is 1. The molecule has 142 valence electrons. The van der Waals surface area contributed by atoms with E-state index in [1.54, 1.807) is 38.7 Å². The van der Waals surface area contributed by atoms with Gasteiger partial charge in [0, 0.05) is 36.5 Å². The summed E-state index contributed by atoms with van der Waals surface area (Å²) in [7, 11) is 3.34. The smallest absolute Gasteiger partial charge is 0.254 e. The van der Waals surface area contributed by atoms with Gasteiger partial charge in [-0.1, -0.05) is 19.3 Å². The lowest BCUT2D eigenvalue weighted by Crippen LogP contribution is -2.49. The number of hydrogen-bond acceptors (Lipinski definition) is 4. The molecule has 1 spiro atoms. The first-order valence-corrected chi connectivity index (χ1v) is 9.61. The first-order chi connectivity index (χ1) is 13.2. The van der Waals surface area contributed by atoms with E-state index in [9.17, 15) is 4.79 Å². The molecule has 5 heteroatoms. The molecule has 5 nitrogen and oxygen atoms in total. The quantitative estimate of drug-likeness (QED) is 0.825. The molecule has 1 fully saturated rings. The fourth-order valence-corrected chi connectivity index (χ4v) is 4.73. The molecule has 0 saturated heterocycles. The van der Waals surface area contributed by atoms with Crippen LogP contribution in [0.4, 0.5) is 0 Å². The van der Waals surface area contributed by atoms with Gasteiger partial charge < -0.3 is 14.4 Å². The summed E-state index contributed by atoms with van der Waals surface area (Å²) in [5.41, 5.74) is 3.20. The van der Waals surface area contributed by atoms with Gasteiger partial charge in [0.1, 0.15) is 0 Å². The van der Waals surface area contributed by atoms with Gasteiger partial charge in [0.15, 0.2) is 11.5 Å². The van der Waals surface area contributed by atoms with Crippen LogP contribution in [0.25, 0.3) is 0 Å². The molecule has 4 rings (SSSR count). The second kappa shape index (κ2) is 7.22. The van der Waals surface area contributed by atoms with Crippen molar-refractivity contribution in [2.24, 2.45) is 0 Å². The average molecular weight is 366 g/mol. The van der Waals surface area contributed by atoms with Gasteiger partial charge >= 0.3 is 0 Å². The van der Waals surface area contributed by atoms with Crippen LogP contribution in [0.1, 0.15) is 53.6 Å². The van der Waals surface area contributed by atoms with E-state index in [0.29, 0.717) is 12.1 Å². The second-order valence-corrected chi connectivity index (χ2v) is 7.60. The van der Waals surface area contributed by atoms with Crippen LogP contribution < -0.4 is 9.47 Å². The molecule has 1 aromatic heterocycles. The molecule has 1 saturated carbocycles. The van der Waals surface area contributed by atoms with E-state index in [2.05, 4.69) is 17.1 Å². The van der Waals surface area contributed by atoms with Gasteiger partial charge in [0.25, 0.3) is 5.91 Å². The van der Waals surface area contributed by atoms with Crippen molar-refractivity contribution in [2.45, 2.75) is 44.1 Å². The monoisotopic (exact) mass is 366 g/mol. The van der Waals surface area contributed by atoms with Gasteiger partial charge in [-0.3, -0.25) is 9.78 Å². The molecule has 1 amide bonds. The summed E-state index contributed by atoms with van der Waals surface area (Å²) in [6.07, 6.45) is 9.23. The lowest BCUT2D eigenvalue weighted by Gasteiger charge is -2.46. The van der Waals surface area contributed by atoms with Gasteiger partial charge in [-0.25, -0.2) is 0 Å². The van der Waals surface area contributed by atoms with E-state index in [1.807, 2.05) is 4.90 Å². The first-order valence-electron chi connectivity index (χ1n) is 9.61. The number of methoxy groups -OCH3 is 2. The highest BCUT2D eigenvalue weighted by atomic mass is 16.5. The largest absolute Gasteiger partial charge is 0.493 e. The number of rotatable bonds is 3. The molecule has 2 aromatic rings. The number of carbonyl (C=O) groups excluding carboxylic acids is 1. The highest BCUT2D eigenvalue weighted by Crippen LogP contribution is 2.47. The molecule has 0 N–H and O–H groups in total. The summed E-state index contributed by atoms with van der Waals surface area (Å²) in [4.78, 5) is 19.2. The maximum absolute atomic E-state index is 13.2. The predicted octanol–water partition coefficient (Wildman–Crippen LogP) is 3.96. The zero-order valence-corrected chi connectivity index (χ0v) is 16.0. The molecule has 0 unspecified atom stereocenters. The van der Waals surface area contributed by atoms with Crippen LogP contribution in [0, 0.1) is 0 Å². The molecule has 27 heavy (non-hydrogen) atoms. The van der Waals surface area contributed by atoms with Crippen LogP contribution in [-0.4, -0.2) is 36.6 Å². The summed E-state index contributed by atoms with van der Waals surface area (Å²) in [5.74, 6) is 1.57. The molecule has 2 heterocycles. The highest BCUT2D eigenvalue weighted by Gasteiger charge is 2.42. The van der Waals surface area contributed by atoms with Crippen LogP contribution in [0.2, 0.25) is 0 Å². The first kappa shape index (κ1) is 17.8. The molecule has 1 aliphatic heterocycles. The Morgan fingerprint density at radius 1 is 1.04 bits per heavy atom. The van der Waals surface area contributed by atoms with Crippen LogP contribution in [0.3, 0.4) is 0 Å². The number of benzene rings is 1. The van der Waals surface area contributed by atoms with Gasteiger partial charge in [0.2, 0.25) is 0 Å². The Hall–Kier alpha value is -2.56. The maximum Gasteiger partial charge on any atom is 0.254 e. The van der Waals surface area contributed by atoms with Gasteiger partial charge in [-0.2, -0.15) is 0 Å².